The monoisotopic (exact) mass is 390 g/mol. The molecule has 0 aromatic rings. The van der Waals surface area contributed by atoms with E-state index in [1.165, 1.54) is 89.9 Å². The third-order valence-electron chi connectivity index (χ3n) is 4.19. The summed E-state index contributed by atoms with van der Waals surface area (Å²) < 4.78 is 14.7. The van der Waals surface area contributed by atoms with Gasteiger partial charge in [-0.05, 0) is 11.0 Å². The topological polar surface area (TPSA) is 49.4 Å². The molecule has 23 heavy (non-hydrogen) atoms. The Balaban J connectivity index is 0. The Morgan fingerprint density at radius 2 is 0.957 bits per heavy atom. The van der Waals surface area contributed by atoms with Crippen LogP contribution in [0.3, 0.4) is 0 Å². The van der Waals surface area contributed by atoms with E-state index in [9.17, 15) is 9.46 Å². The van der Waals surface area contributed by atoms with E-state index >= 15 is 0 Å². The molecule has 5 heteroatoms. The Kier molecular flexibility index (Phi) is 25.2. The molecule has 140 valence electrons. The molecule has 0 radical (unpaired) electrons. The maximum atomic E-state index is 10.2. The van der Waals surface area contributed by atoms with Gasteiger partial charge in [0.05, 0.1) is 0 Å². The van der Waals surface area contributed by atoms with Crippen molar-refractivity contribution in [2.45, 2.75) is 110 Å². The summed E-state index contributed by atoms with van der Waals surface area (Å²) in [5, 5.41) is 0. The molecule has 0 fully saturated rings. The zero-order valence-electron chi connectivity index (χ0n) is 15.0. The molecule has 0 amide bonds. The minimum absolute atomic E-state index is 0. The molecular weight excluding hydrogens is 354 g/mol. The van der Waals surface area contributed by atoms with E-state index in [1.807, 2.05) is 0 Å². The van der Waals surface area contributed by atoms with Crippen LogP contribution in [-0.2, 0) is 25.6 Å². The largest absolute Gasteiger partial charge is 2.00 e. The Morgan fingerprint density at radius 3 is 1.26 bits per heavy atom. The van der Waals surface area contributed by atoms with Crippen molar-refractivity contribution < 1.29 is 30.5 Å². The summed E-state index contributed by atoms with van der Waals surface area (Å²) in [6.07, 6.45) is 21.2. The van der Waals surface area contributed by atoms with E-state index in [0.717, 1.165) is 12.8 Å². The SMILES string of the molecule is CCCCCCCCCCCCCCCCCCO[P+](=O)[O-].[Ni+2]. The van der Waals surface area contributed by atoms with E-state index in [1.54, 1.807) is 0 Å². The van der Waals surface area contributed by atoms with Crippen LogP contribution in [0, 0.1) is 0 Å². The molecule has 0 saturated heterocycles. The van der Waals surface area contributed by atoms with Crippen LogP contribution in [0.15, 0.2) is 0 Å². The summed E-state index contributed by atoms with van der Waals surface area (Å²) in [7, 11) is -2.64. The first-order valence-corrected chi connectivity index (χ1v) is 10.6. The third kappa shape index (κ3) is 24.9. The van der Waals surface area contributed by atoms with Gasteiger partial charge in [-0.1, -0.05) is 103 Å². The van der Waals surface area contributed by atoms with Gasteiger partial charge >= 0.3 is 24.7 Å². The Labute approximate surface area is 155 Å². The Bertz CT molecular complexity index is 240. The molecule has 0 saturated carbocycles. The first kappa shape index (κ1) is 25.8. The van der Waals surface area contributed by atoms with Gasteiger partial charge in [0.15, 0.2) is 0 Å². The first-order valence-electron chi connectivity index (χ1n) is 9.54. The van der Waals surface area contributed by atoms with Crippen LogP contribution in [0.5, 0.6) is 0 Å². The predicted molar refractivity (Wildman–Crippen MR) is 93.1 cm³/mol. The van der Waals surface area contributed by atoms with Gasteiger partial charge in [-0.3, -0.25) is 0 Å². The number of rotatable bonds is 18. The minimum Gasteiger partial charge on any atom is -0.566 e. The van der Waals surface area contributed by atoms with Crippen LogP contribution < -0.4 is 4.89 Å². The van der Waals surface area contributed by atoms with Gasteiger partial charge in [-0.25, -0.2) is 0 Å². The molecule has 1 atom stereocenters. The van der Waals surface area contributed by atoms with E-state index in [-0.39, 0.29) is 16.5 Å². The molecule has 0 bridgehead atoms. The van der Waals surface area contributed by atoms with Gasteiger partial charge in [-0.15, -0.1) is 4.52 Å². The Hall–Kier alpha value is 0.514. The second-order valence-electron chi connectivity index (χ2n) is 6.36. The summed E-state index contributed by atoms with van der Waals surface area (Å²) in [5.74, 6) is 0. The smallest absolute Gasteiger partial charge is 0.566 e. The number of hydrogen-bond acceptors (Lipinski definition) is 3. The molecule has 0 aliphatic rings. The van der Waals surface area contributed by atoms with Gasteiger partial charge in [0.2, 0.25) is 0 Å². The van der Waals surface area contributed by atoms with Crippen molar-refractivity contribution in [2.75, 3.05) is 6.61 Å². The first-order chi connectivity index (χ1) is 10.8. The van der Waals surface area contributed by atoms with Crippen LogP contribution in [0.2, 0.25) is 0 Å². The average Bonchev–Trinajstić information content (AvgIpc) is 2.50. The van der Waals surface area contributed by atoms with E-state index in [0.29, 0.717) is 6.61 Å². The van der Waals surface area contributed by atoms with Gasteiger partial charge in [-0.2, -0.15) is 0 Å². The molecule has 0 heterocycles. The van der Waals surface area contributed by atoms with Gasteiger partial charge < -0.3 is 4.89 Å². The van der Waals surface area contributed by atoms with Crippen LogP contribution in [0.1, 0.15) is 110 Å². The van der Waals surface area contributed by atoms with E-state index < -0.39 is 8.25 Å². The molecule has 0 rings (SSSR count). The predicted octanol–water partition coefficient (Wildman–Crippen LogP) is 6.28. The van der Waals surface area contributed by atoms with Crippen LogP contribution in [0.25, 0.3) is 0 Å². The van der Waals surface area contributed by atoms with Crippen LogP contribution >= 0.6 is 8.25 Å². The van der Waals surface area contributed by atoms with Crippen LogP contribution in [-0.4, -0.2) is 6.61 Å². The van der Waals surface area contributed by atoms with E-state index in [2.05, 4.69) is 11.4 Å². The maximum Gasteiger partial charge on any atom is 2.00 e. The van der Waals surface area contributed by atoms with E-state index in [4.69, 9.17) is 0 Å². The summed E-state index contributed by atoms with van der Waals surface area (Å²) in [6.45, 7) is 2.63. The summed E-state index contributed by atoms with van der Waals surface area (Å²) in [4.78, 5) is 10.2. The molecule has 0 N–H and O–H groups in total. The minimum atomic E-state index is -2.64. The van der Waals surface area contributed by atoms with Crippen molar-refractivity contribution in [3.05, 3.63) is 0 Å². The number of hydrogen-bond donors (Lipinski definition) is 0. The van der Waals surface area contributed by atoms with Gasteiger partial charge in [0.25, 0.3) is 0 Å². The fraction of sp³-hybridized carbons (Fsp3) is 1.00. The summed E-state index contributed by atoms with van der Waals surface area (Å²) in [5.41, 5.74) is 0. The summed E-state index contributed by atoms with van der Waals surface area (Å²) in [6, 6.07) is 0. The third-order valence-corrected chi connectivity index (χ3v) is 4.59. The zero-order valence-corrected chi connectivity index (χ0v) is 16.9. The molecule has 0 aliphatic carbocycles. The second kappa shape index (κ2) is 22.5. The van der Waals surface area contributed by atoms with Crippen molar-refractivity contribution in [3.8, 4) is 0 Å². The van der Waals surface area contributed by atoms with Crippen molar-refractivity contribution in [2.24, 2.45) is 0 Å². The molecule has 0 aromatic heterocycles. The molecule has 0 spiro atoms. The summed E-state index contributed by atoms with van der Waals surface area (Å²) >= 11 is 0. The fourth-order valence-electron chi connectivity index (χ4n) is 2.79. The van der Waals surface area contributed by atoms with Crippen molar-refractivity contribution in [1.29, 1.82) is 0 Å². The van der Waals surface area contributed by atoms with Crippen molar-refractivity contribution in [3.63, 3.8) is 0 Å². The zero-order chi connectivity index (χ0) is 16.3. The van der Waals surface area contributed by atoms with Gasteiger partial charge in [0.1, 0.15) is 6.61 Å². The molecule has 1 unspecified atom stereocenters. The molecule has 0 aromatic carbocycles. The standard InChI is InChI=1S/C18H37O3P.Ni/c1-2-3-4-5-6-7-8-9-10-11-12-13-14-15-16-17-18-21-22(19)20;/h2-18H2,1H3;/q;+2. The second-order valence-corrected chi connectivity index (χ2v) is 7.07. The fourth-order valence-corrected chi connectivity index (χ4v) is 3.07. The normalized spacial score (nSPS) is 11.3. The van der Waals surface area contributed by atoms with Crippen molar-refractivity contribution in [1.82, 2.24) is 0 Å². The molecule has 0 aliphatic heterocycles. The molecule has 3 nitrogen and oxygen atoms in total. The van der Waals surface area contributed by atoms with Crippen molar-refractivity contribution >= 4 is 8.25 Å². The number of unbranched alkanes of at least 4 members (excludes halogenated alkanes) is 15. The molecular formula is C18H37NiO3P+2. The van der Waals surface area contributed by atoms with Gasteiger partial charge in [0, 0.05) is 0 Å². The Morgan fingerprint density at radius 1 is 0.652 bits per heavy atom. The maximum absolute atomic E-state index is 10.2. The average molecular weight is 391 g/mol. The van der Waals surface area contributed by atoms with Crippen LogP contribution in [0.4, 0.5) is 0 Å². The quantitative estimate of drug-likeness (QED) is 0.157.